The monoisotopic (exact) mass is 346 g/mol. The first-order valence-electron chi connectivity index (χ1n) is 9.11. The lowest BCUT2D eigenvalue weighted by atomic mass is 10.00. The molecule has 6 heteroatoms. The van der Waals surface area contributed by atoms with Crippen molar-refractivity contribution in [1.82, 2.24) is 15.5 Å². The lowest BCUT2D eigenvalue weighted by Gasteiger charge is -2.29. The van der Waals surface area contributed by atoms with Gasteiger partial charge >= 0.3 is 0 Å². The van der Waals surface area contributed by atoms with Crippen LogP contribution in [0.5, 0.6) is 0 Å². The predicted octanol–water partition coefficient (Wildman–Crippen LogP) is 1.55. The Hall–Kier alpha value is -2.08. The molecule has 1 aromatic rings. The van der Waals surface area contributed by atoms with Crippen molar-refractivity contribution in [2.24, 2.45) is 4.99 Å². The largest absolute Gasteiger partial charge is 0.382 e. The standard InChI is InChI=1S/C19H30N4O2/c1-3-25-13-7-6-11-21-19(20-2)22-14-18(24)23-12-10-16-8-4-5-9-17(16)15-23/h4-5,8-9H,3,6-7,10-15H2,1-2H3,(H2,20,21,22). The van der Waals surface area contributed by atoms with Crippen LogP contribution < -0.4 is 10.6 Å². The Kier molecular flexibility index (Phi) is 8.25. The molecule has 1 heterocycles. The van der Waals surface area contributed by atoms with Gasteiger partial charge in [-0.1, -0.05) is 24.3 Å². The molecule has 0 saturated heterocycles. The van der Waals surface area contributed by atoms with Crippen LogP contribution in [0.4, 0.5) is 0 Å². The highest BCUT2D eigenvalue weighted by atomic mass is 16.5. The zero-order valence-electron chi connectivity index (χ0n) is 15.4. The molecule has 6 nitrogen and oxygen atoms in total. The average Bonchev–Trinajstić information content (AvgIpc) is 2.66. The number of ether oxygens (including phenoxy) is 1. The molecule has 1 aliphatic rings. The zero-order valence-corrected chi connectivity index (χ0v) is 15.4. The lowest BCUT2D eigenvalue weighted by Crippen LogP contribution is -2.46. The summed E-state index contributed by atoms with van der Waals surface area (Å²) >= 11 is 0. The summed E-state index contributed by atoms with van der Waals surface area (Å²) in [4.78, 5) is 18.5. The molecule has 0 radical (unpaired) electrons. The maximum absolute atomic E-state index is 12.4. The molecule has 138 valence electrons. The second-order valence-corrected chi connectivity index (χ2v) is 6.09. The van der Waals surface area contributed by atoms with Crippen molar-refractivity contribution >= 4 is 11.9 Å². The van der Waals surface area contributed by atoms with Crippen LogP contribution in [0.25, 0.3) is 0 Å². The third-order valence-corrected chi connectivity index (χ3v) is 4.33. The summed E-state index contributed by atoms with van der Waals surface area (Å²) in [6, 6.07) is 8.34. The van der Waals surface area contributed by atoms with Gasteiger partial charge in [-0.25, -0.2) is 0 Å². The Labute approximate surface area is 150 Å². The molecule has 2 N–H and O–H groups in total. The number of fused-ring (bicyclic) bond motifs is 1. The van der Waals surface area contributed by atoms with Gasteiger partial charge < -0.3 is 20.3 Å². The van der Waals surface area contributed by atoms with Crippen molar-refractivity contribution < 1.29 is 9.53 Å². The summed E-state index contributed by atoms with van der Waals surface area (Å²) in [5.74, 6) is 0.774. The number of nitrogens with one attached hydrogen (secondary N) is 2. The predicted molar refractivity (Wildman–Crippen MR) is 101 cm³/mol. The lowest BCUT2D eigenvalue weighted by molar-refractivity contribution is -0.130. The number of hydrogen-bond acceptors (Lipinski definition) is 3. The van der Waals surface area contributed by atoms with Gasteiger partial charge in [0.05, 0.1) is 6.54 Å². The average molecular weight is 346 g/mol. The van der Waals surface area contributed by atoms with E-state index in [1.807, 2.05) is 17.9 Å². The highest BCUT2D eigenvalue weighted by Crippen LogP contribution is 2.18. The molecular weight excluding hydrogens is 316 g/mol. The SMILES string of the molecule is CCOCCCCNC(=NC)NCC(=O)N1CCc2ccccc2C1. The summed E-state index contributed by atoms with van der Waals surface area (Å²) in [6.45, 7) is 6.11. The van der Waals surface area contributed by atoms with E-state index >= 15 is 0 Å². The molecule has 0 spiro atoms. The number of amides is 1. The molecule has 0 atom stereocenters. The van der Waals surface area contributed by atoms with Crippen molar-refractivity contribution in [3.8, 4) is 0 Å². The normalized spacial score (nSPS) is 14.2. The van der Waals surface area contributed by atoms with Crippen LogP contribution in [-0.2, 0) is 22.5 Å². The van der Waals surface area contributed by atoms with E-state index in [1.54, 1.807) is 7.05 Å². The summed E-state index contributed by atoms with van der Waals surface area (Å²) in [5.41, 5.74) is 2.60. The van der Waals surface area contributed by atoms with Crippen molar-refractivity contribution in [3.05, 3.63) is 35.4 Å². The Bertz CT molecular complexity index is 574. The minimum absolute atomic E-state index is 0.105. The molecule has 1 aliphatic heterocycles. The first-order valence-corrected chi connectivity index (χ1v) is 9.11. The first kappa shape index (κ1) is 19.2. The van der Waals surface area contributed by atoms with Gasteiger partial charge in [-0.05, 0) is 37.3 Å². The molecule has 0 unspecified atom stereocenters. The maximum atomic E-state index is 12.4. The minimum Gasteiger partial charge on any atom is -0.382 e. The first-order chi connectivity index (χ1) is 12.2. The fraction of sp³-hybridized carbons (Fsp3) is 0.579. The van der Waals surface area contributed by atoms with Gasteiger partial charge in [0.2, 0.25) is 5.91 Å². The van der Waals surface area contributed by atoms with E-state index in [4.69, 9.17) is 4.74 Å². The van der Waals surface area contributed by atoms with E-state index in [2.05, 4.69) is 33.8 Å². The smallest absolute Gasteiger partial charge is 0.242 e. The van der Waals surface area contributed by atoms with E-state index in [9.17, 15) is 4.79 Å². The van der Waals surface area contributed by atoms with Crippen LogP contribution >= 0.6 is 0 Å². The fourth-order valence-electron chi connectivity index (χ4n) is 2.88. The van der Waals surface area contributed by atoms with Gasteiger partial charge in [-0.15, -0.1) is 0 Å². The Morgan fingerprint density at radius 1 is 1.24 bits per heavy atom. The van der Waals surface area contributed by atoms with E-state index in [-0.39, 0.29) is 12.5 Å². The number of unbranched alkanes of at least 4 members (excludes halogenated alkanes) is 1. The van der Waals surface area contributed by atoms with Gasteiger partial charge in [-0.2, -0.15) is 0 Å². The van der Waals surface area contributed by atoms with Gasteiger partial charge in [0.25, 0.3) is 0 Å². The van der Waals surface area contributed by atoms with E-state index in [0.29, 0.717) is 12.5 Å². The quantitative estimate of drug-likeness (QED) is 0.426. The van der Waals surface area contributed by atoms with Crippen LogP contribution in [0.3, 0.4) is 0 Å². The molecule has 0 saturated carbocycles. The molecule has 25 heavy (non-hydrogen) atoms. The number of guanidine groups is 1. The topological polar surface area (TPSA) is 66.0 Å². The van der Waals surface area contributed by atoms with Gasteiger partial charge in [-0.3, -0.25) is 9.79 Å². The minimum atomic E-state index is 0.105. The number of rotatable bonds is 8. The highest BCUT2D eigenvalue weighted by molar-refractivity contribution is 5.86. The number of aliphatic imine (C=N–C) groups is 1. The summed E-state index contributed by atoms with van der Waals surface area (Å²) < 4.78 is 5.31. The van der Waals surface area contributed by atoms with Crippen LogP contribution in [0, 0.1) is 0 Å². The van der Waals surface area contributed by atoms with Crippen molar-refractivity contribution in [2.75, 3.05) is 39.9 Å². The van der Waals surface area contributed by atoms with Crippen LogP contribution in [-0.4, -0.2) is 56.7 Å². The molecule has 2 rings (SSSR count). The third kappa shape index (κ3) is 6.38. The number of hydrogen-bond donors (Lipinski definition) is 2. The van der Waals surface area contributed by atoms with Gasteiger partial charge in [0, 0.05) is 39.9 Å². The van der Waals surface area contributed by atoms with Crippen molar-refractivity contribution in [3.63, 3.8) is 0 Å². The Morgan fingerprint density at radius 3 is 2.80 bits per heavy atom. The molecule has 1 amide bonds. The van der Waals surface area contributed by atoms with E-state index in [1.165, 1.54) is 11.1 Å². The molecule has 0 aliphatic carbocycles. The van der Waals surface area contributed by atoms with Crippen molar-refractivity contribution in [2.45, 2.75) is 32.7 Å². The third-order valence-electron chi connectivity index (χ3n) is 4.33. The fourth-order valence-corrected chi connectivity index (χ4v) is 2.88. The van der Waals surface area contributed by atoms with E-state index in [0.717, 1.165) is 45.6 Å². The molecule has 0 fully saturated rings. The Morgan fingerprint density at radius 2 is 2.04 bits per heavy atom. The maximum Gasteiger partial charge on any atom is 0.242 e. The number of carbonyl (C=O) groups excluding carboxylic acids is 1. The second kappa shape index (κ2) is 10.7. The molecule has 1 aromatic carbocycles. The van der Waals surface area contributed by atoms with Crippen LogP contribution in [0.2, 0.25) is 0 Å². The molecule has 0 aromatic heterocycles. The number of benzene rings is 1. The molecule has 0 bridgehead atoms. The van der Waals surface area contributed by atoms with Crippen molar-refractivity contribution in [1.29, 1.82) is 0 Å². The Balaban J connectivity index is 1.68. The zero-order chi connectivity index (χ0) is 17.9. The number of carbonyl (C=O) groups is 1. The highest BCUT2D eigenvalue weighted by Gasteiger charge is 2.20. The van der Waals surface area contributed by atoms with Gasteiger partial charge in [0.15, 0.2) is 5.96 Å². The van der Waals surface area contributed by atoms with Gasteiger partial charge in [0.1, 0.15) is 0 Å². The van der Waals surface area contributed by atoms with Crippen LogP contribution in [0.15, 0.2) is 29.3 Å². The van der Waals surface area contributed by atoms with Crippen LogP contribution in [0.1, 0.15) is 30.9 Å². The van der Waals surface area contributed by atoms with E-state index < -0.39 is 0 Å². The summed E-state index contributed by atoms with van der Waals surface area (Å²) in [7, 11) is 1.72. The second-order valence-electron chi connectivity index (χ2n) is 6.09. The number of nitrogens with zero attached hydrogens (tertiary/aromatic N) is 2. The summed E-state index contributed by atoms with van der Waals surface area (Å²) in [6.07, 6.45) is 2.95. The summed E-state index contributed by atoms with van der Waals surface area (Å²) in [5, 5.41) is 6.34. The molecular formula is C19H30N4O2.